The van der Waals surface area contributed by atoms with E-state index in [0.717, 1.165) is 38.0 Å². The molecule has 1 aromatic rings. The van der Waals surface area contributed by atoms with Crippen molar-refractivity contribution in [2.75, 3.05) is 13.1 Å². The Balaban J connectivity index is 1.83. The predicted octanol–water partition coefficient (Wildman–Crippen LogP) is 1.13. The van der Waals surface area contributed by atoms with E-state index in [0.29, 0.717) is 6.04 Å². The minimum atomic E-state index is -0.718. The SMILES string of the molecule is CCCn1nncc1C1(O)CCN2CCCC2C1. The zero-order valence-electron chi connectivity index (χ0n) is 11.0. The molecule has 2 fully saturated rings. The lowest BCUT2D eigenvalue weighted by molar-refractivity contribution is -0.0472. The van der Waals surface area contributed by atoms with Gasteiger partial charge in [0.25, 0.3) is 0 Å². The third kappa shape index (κ3) is 1.95. The summed E-state index contributed by atoms with van der Waals surface area (Å²) >= 11 is 0. The van der Waals surface area contributed by atoms with Crippen LogP contribution in [0.1, 0.15) is 44.7 Å². The first-order chi connectivity index (χ1) is 8.73. The number of nitrogens with zero attached hydrogens (tertiary/aromatic N) is 4. The van der Waals surface area contributed by atoms with Gasteiger partial charge in [-0.3, -0.25) is 0 Å². The summed E-state index contributed by atoms with van der Waals surface area (Å²) in [6.45, 7) is 5.16. The summed E-state index contributed by atoms with van der Waals surface area (Å²) in [5, 5.41) is 19.0. The summed E-state index contributed by atoms with van der Waals surface area (Å²) in [6.07, 6.45) is 6.90. The van der Waals surface area contributed by atoms with Crippen LogP contribution in [-0.2, 0) is 12.1 Å². The van der Waals surface area contributed by atoms with Gasteiger partial charge in [0.15, 0.2) is 0 Å². The molecule has 3 rings (SSSR count). The molecule has 1 N–H and O–H groups in total. The van der Waals surface area contributed by atoms with Crippen molar-refractivity contribution in [2.24, 2.45) is 0 Å². The first kappa shape index (κ1) is 12.1. The van der Waals surface area contributed by atoms with Gasteiger partial charge in [-0.2, -0.15) is 0 Å². The van der Waals surface area contributed by atoms with Gasteiger partial charge in [-0.1, -0.05) is 12.1 Å². The summed E-state index contributed by atoms with van der Waals surface area (Å²) in [5.41, 5.74) is 0.195. The van der Waals surface area contributed by atoms with E-state index >= 15 is 0 Å². The second-order valence-corrected chi connectivity index (χ2v) is 5.66. The van der Waals surface area contributed by atoms with E-state index in [-0.39, 0.29) is 0 Å². The maximum Gasteiger partial charge on any atom is 0.111 e. The van der Waals surface area contributed by atoms with E-state index in [1.807, 2.05) is 4.68 Å². The molecule has 2 unspecified atom stereocenters. The van der Waals surface area contributed by atoms with E-state index in [9.17, 15) is 5.11 Å². The van der Waals surface area contributed by atoms with Crippen molar-refractivity contribution in [3.63, 3.8) is 0 Å². The van der Waals surface area contributed by atoms with Gasteiger partial charge in [-0.25, -0.2) is 4.68 Å². The van der Waals surface area contributed by atoms with Crippen molar-refractivity contribution in [1.82, 2.24) is 19.9 Å². The van der Waals surface area contributed by atoms with Crippen molar-refractivity contribution in [3.05, 3.63) is 11.9 Å². The first-order valence-electron chi connectivity index (χ1n) is 7.08. The molecule has 0 spiro atoms. The minimum Gasteiger partial charge on any atom is -0.383 e. The fourth-order valence-corrected chi connectivity index (χ4v) is 3.47. The zero-order valence-corrected chi connectivity index (χ0v) is 11.0. The van der Waals surface area contributed by atoms with E-state index in [4.69, 9.17) is 0 Å². The number of rotatable bonds is 3. The molecule has 2 aliphatic heterocycles. The van der Waals surface area contributed by atoms with Gasteiger partial charge in [0.1, 0.15) is 5.60 Å². The highest BCUT2D eigenvalue weighted by atomic mass is 16.3. The zero-order chi connectivity index (χ0) is 12.6. The van der Waals surface area contributed by atoms with Gasteiger partial charge >= 0.3 is 0 Å². The molecule has 0 saturated carbocycles. The quantitative estimate of drug-likeness (QED) is 0.874. The Labute approximate surface area is 108 Å². The van der Waals surface area contributed by atoms with Gasteiger partial charge in [-0.15, -0.1) is 5.10 Å². The molecule has 2 atom stereocenters. The largest absolute Gasteiger partial charge is 0.383 e. The molecule has 2 aliphatic rings. The van der Waals surface area contributed by atoms with Crippen LogP contribution in [0.4, 0.5) is 0 Å². The van der Waals surface area contributed by atoms with Crippen LogP contribution in [0.2, 0.25) is 0 Å². The number of aliphatic hydroxyl groups is 1. The average molecular weight is 250 g/mol. The van der Waals surface area contributed by atoms with Gasteiger partial charge < -0.3 is 10.0 Å². The molecule has 18 heavy (non-hydrogen) atoms. The van der Waals surface area contributed by atoms with Crippen molar-refractivity contribution >= 4 is 0 Å². The van der Waals surface area contributed by atoms with Crippen molar-refractivity contribution in [2.45, 2.75) is 57.2 Å². The van der Waals surface area contributed by atoms with Gasteiger partial charge in [0.05, 0.1) is 11.9 Å². The lowest BCUT2D eigenvalue weighted by Crippen LogP contribution is -2.46. The standard InChI is InChI=1S/C13H22N4O/c1-2-6-17-12(10-14-15-17)13(18)5-8-16-7-3-4-11(16)9-13/h10-11,18H,2-9H2,1H3. The highest BCUT2D eigenvalue weighted by molar-refractivity contribution is 5.12. The number of aromatic nitrogens is 3. The molecule has 5 heteroatoms. The Morgan fingerprint density at radius 2 is 2.39 bits per heavy atom. The summed E-state index contributed by atoms with van der Waals surface area (Å²) in [4.78, 5) is 2.52. The number of fused-ring (bicyclic) bond motifs is 1. The van der Waals surface area contributed by atoms with Crippen molar-refractivity contribution in [1.29, 1.82) is 0 Å². The summed E-state index contributed by atoms with van der Waals surface area (Å²) in [7, 11) is 0. The molecule has 3 heterocycles. The Bertz CT molecular complexity index is 419. The molecular formula is C13H22N4O. The van der Waals surface area contributed by atoms with Crippen LogP contribution in [0.15, 0.2) is 6.20 Å². The Hall–Kier alpha value is -0.940. The lowest BCUT2D eigenvalue weighted by atomic mass is 9.84. The molecule has 0 aliphatic carbocycles. The molecule has 2 saturated heterocycles. The van der Waals surface area contributed by atoms with Crippen LogP contribution in [0, 0.1) is 0 Å². The Morgan fingerprint density at radius 3 is 3.22 bits per heavy atom. The molecule has 0 radical (unpaired) electrons. The number of hydrogen-bond donors (Lipinski definition) is 1. The lowest BCUT2D eigenvalue weighted by Gasteiger charge is -2.40. The van der Waals surface area contributed by atoms with Crippen LogP contribution in [0.3, 0.4) is 0 Å². The summed E-state index contributed by atoms with van der Waals surface area (Å²) < 4.78 is 1.88. The molecule has 0 bridgehead atoms. The fourth-order valence-electron chi connectivity index (χ4n) is 3.47. The molecule has 0 aromatic carbocycles. The van der Waals surface area contributed by atoms with E-state index in [1.165, 1.54) is 19.4 Å². The van der Waals surface area contributed by atoms with Crippen LogP contribution < -0.4 is 0 Å². The van der Waals surface area contributed by atoms with Crippen LogP contribution in [0.25, 0.3) is 0 Å². The van der Waals surface area contributed by atoms with E-state index in [2.05, 4.69) is 22.1 Å². The molecule has 0 amide bonds. The summed E-state index contributed by atoms with van der Waals surface area (Å²) in [5.74, 6) is 0. The predicted molar refractivity (Wildman–Crippen MR) is 68.0 cm³/mol. The van der Waals surface area contributed by atoms with Gasteiger partial charge in [0.2, 0.25) is 0 Å². The van der Waals surface area contributed by atoms with E-state index in [1.54, 1.807) is 6.20 Å². The van der Waals surface area contributed by atoms with Crippen LogP contribution in [-0.4, -0.2) is 44.1 Å². The average Bonchev–Trinajstić information content (AvgIpc) is 2.97. The molecule has 100 valence electrons. The first-order valence-corrected chi connectivity index (χ1v) is 7.08. The normalized spacial score (nSPS) is 32.7. The Kier molecular flexibility index (Phi) is 3.11. The number of aryl methyl sites for hydroxylation is 1. The summed E-state index contributed by atoms with van der Waals surface area (Å²) in [6, 6.07) is 0.550. The number of hydrogen-bond acceptors (Lipinski definition) is 4. The fraction of sp³-hybridized carbons (Fsp3) is 0.846. The van der Waals surface area contributed by atoms with Crippen molar-refractivity contribution < 1.29 is 5.11 Å². The molecule has 5 nitrogen and oxygen atoms in total. The highest BCUT2D eigenvalue weighted by Gasteiger charge is 2.43. The van der Waals surface area contributed by atoms with Gasteiger partial charge in [-0.05, 0) is 38.6 Å². The van der Waals surface area contributed by atoms with Crippen LogP contribution in [0.5, 0.6) is 0 Å². The third-order valence-electron chi connectivity index (χ3n) is 4.41. The van der Waals surface area contributed by atoms with Crippen LogP contribution >= 0.6 is 0 Å². The second kappa shape index (κ2) is 4.63. The monoisotopic (exact) mass is 250 g/mol. The smallest absolute Gasteiger partial charge is 0.111 e. The number of piperidine rings is 1. The maximum absolute atomic E-state index is 11.0. The topological polar surface area (TPSA) is 54.2 Å². The molecular weight excluding hydrogens is 228 g/mol. The second-order valence-electron chi connectivity index (χ2n) is 5.66. The van der Waals surface area contributed by atoms with Crippen molar-refractivity contribution in [3.8, 4) is 0 Å². The molecule has 1 aromatic heterocycles. The maximum atomic E-state index is 11.0. The Morgan fingerprint density at radius 1 is 1.50 bits per heavy atom. The third-order valence-corrected chi connectivity index (χ3v) is 4.41. The van der Waals surface area contributed by atoms with E-state index < -0.39 is 5.60 Å². The minimum absolute atomic E-state index is 0.550. The highest BCUT2D eigenvalue weighted by Crippen LogP contribution is 2.39. The van der Waals surface area contributed by atoms with Gasteiger partial charge in [0, 0.05) is 19.1 Å².